The lowest BCUT2D eigenvalue weighted by Gasteiger charge is -2.31. The van der Waals surface area contributed by atoms with E-state index in [1.165, 1.54) is 6.42 Å². The lowest BCUT2D eigenvalue weighted by atomic mass is 9.82. The average molecular weight is 228 g/mol. The maximum absolute atomic E-state index is 11.3. The molecule has 1 aliphatic carbocycles. The second kappa shape index (κ2) is 6.86. The molecule has 1 saturated carbocycles. The first kappa shape index (κ1) is 13.5. The second-order valence-corrected chi connectivity index (χ2v) is 4.99. The molecule has 0 saturated heterocycles. The summed E-state index contributed by atoms with van der Waals surface area (Å²) >= 11 is 0. The van der Waals surface area contributed by atoms with Crippen LogP contribution in [0.15, 0.2) is 0 Å². The molecule has 16 heavy (non-hydrogen) atoms. The van der Waals surface area contributed by atoms with Crippen LogP contribution in [0.2, 0.25) is 0 Å². The molecule has 0 radical (unpaired) electrons. The van der Waals surface area contributed by atoms with Gasteiger partial charge in [-0.2, -0.15) is 0 Å². The third-order valence-corrected chi connectivity index (χ3v) is 3.05. The highest BCUT2D eigenvalue weighted by molar-refractivity contribution is 5.77. The predicted molar refractivity (Wildman–Crippen MR) is 64.0 cm³/mol. The summed E-state index contributed by atoms with van der Waals surface area (Å²) in [5, 5.41) is 2.71. The lowest BCUT2D eigenvalue weighted by molar-refractivity contribution is -0.129. The number of nitrogens with two attached hydrogens (primary N) is 1. The van der Waals surface area contributed by atoms with Gasteiger partial charge in [0.05, 0.1) is 6.10 Å². The zero-order valence-electron chi connectivity index (χ0n) is 10.4. The van der Waals surface area contributed by atoms with Crippen LogP contribution < -0.4 is 11.1 Å². The molecule has 94 valence electrons. The standard InChI is InChI=1S/C12H24N2O2/c1-9-5-10(2)7-11(6-9)16-8-12(15)14-4-3-13/h9-11H,3-8,13H2,1-2H3,(H,14,15). The summed E-state index contributed by atoms with van der Waals surface area (Å²) in [6.45, 7) is 5.67. The van der Waals surface area contributed by atoms with Crippen molar-refractivity contribution in [1.82, 2.24) is 5.32 Å². The largest absolute Gasteiger partial charge is 0.368 e. The highest BCUT2D eigenvalue weighted by atomic mass is 16.5. The monoisotopic (exact) mass is 228 g/mol. The summed E-state index contributed by atoms with van der Waals surface area (Å²) < 4.78 is 5.63. The number of ether oxygens (including phenoxy) is 1. The molecular formula is C12H24N2O2. The molecule has 4 heteroatoms. The van der Waals surface area contributed by atoms with E-state index < -0.39 is 0 Å². The van der Waals surface area contributed by atoms with Gasteiger partial charge < -0.3 is 15.8 Å². The molecule has 3 N–H and O–H groups in total. The summed E-state index contributed by atoms with van der Waals surface area (Å²) in [6, 6.07) is 0. The molecule has 1 rings (SSSR count). The van der Waals surface area contributed by atoms with Gasteiger partial charge in [-0.15, -0.1) is 0 Å². The van der Waals surface area contributed by atoms with E-state index in [-0.39, 0.29) is 18.6 Å². The smallest absolute Gasteiger partial charge is 0.246 e. The van der Waals surface area contributed by atoms with E-state index in [1.807, 2.05) is 0 Å². The maximum Gasteiger partial charge on any atom is 0.246 e. The molecule has 0 bridgehead atoms. The van der Waals surface area contributed by atoms with Gasteiger partial charge in [0.1, 0.15) is 6.61 Å². The number of carbonyl (C=O) groups is 1. The molecule has 1 fully saturated rings. The Bertz CT molecular complexity index is 211. The Kier molecular flexibility index (Phi) is 5.77. The summed E-state index contributed by atoms with van der Waals surface area (Å²) in [5.74, 6) is 1.36. The predicted octanol–water partition coefficient (Wildman–Crippen LogP) is 0.903. The molecule has 0 aromatic carbocycles. The van der Waals surface area contributed by atoms with Crippen LogP contribution >= 0.6 is 0 Å². The maximum atomic E-state index is 11.3. The fourth-order valence-electron chi connectivity index (χ4n) is 2.47. The van der Waals surface area contributed by atoms with Crippen LogP contribution in [0, 0.1) is 11.8 Å². The first-order valence-electron chi connectivity index (χ1n) is 6.20. The number of amides is 1. The van der Waals surface area contributed by atoms with Crippen LogP contribution in [-0.2, 0) is 9.53 Å². The van der Waals surface area contributed by atoms with Crippen molar-refractivity contribution in [2.75, 3.05) is 19.7 Å². The van der Waals surface area contributed by atoms with Gasteiger partial charge in [0.15, 0.2) is 0 Å². The van der Waals surface area contributed by atoms with Gasteiger partial charge in [0.25, 0.3) is 0 Å². The van der Waals surface area contributed by atoms with Crippen molar-refractivity contribution < 1.29 is 9.53 Å². The number of hydrogen-bond donors (Lipinski definition) is 2. The van der Waals surface area contributed by atoms with E-state index in [0.717, 1.165) is 12.8 Å². The second-order valence-electron chi connectivity index (χ2n) is 4.99. The fraction of sp³-hybridized carbons (Fsp3) is 0.917. The highest BCUT2D eigenvalue weighted by Gasteiger charge is 2.24. The van der Waals surface area contributed by atoms with Crippen molar-refractivity contribution in [3.05, 3.63) is 0 Å². The van der Waals surface area contributed by atoms with E-state index >= 15 is 0 Å². The van der Waals surface area contributed by atoms with Crippen molar-refractivity contribution in [3.63, 3.8) is 0 Å². The van der Waals surface area contributed by atoms with Gasteiger partial charge in [-0.05, 0) is 31.1 Å². The Morgan fingerprint density at radius 2 is 1.94 bits per heavy atom. The van der Waals surface area contributed by atoms with Crippen LogP contribution in [-0.4, -0.2) is 31.7 Å². The van der Waals surface area contributed by atoms with Gasteiger partial charge in [-0.1, -0.05) is 13.8 Å². The molecule has 0 heterocycles. The van der Waals surface area contributed by atoms with Crippen molar-refractivity contribution >= 4 is 5.91 Å². The van der Waals surface area contributed by atoms with E-state index in [2.05, 4.69) is 19.2 Å². The lowest BCUT2D eigenvalue weighted by Crippen LogP contribution is -2.35. The molecular weight excluding hydrogens is 204 g/mol. The molecule has 2 unspecified atom stereocenters. The summed E-state index contributed by atoms with van der Waals surface area (Å²) in [5.41, 5.74) is 5.30. The molecule has 1 aliphatic rings. The topological polar surface area (TPSA) is 64.3 Å². The minimum Gasteiger partial charge on any atom is -0.368 e. The van der Waals surface area contributed by atoms with Crippen molar-refractivity contribution in [1.29, 1.82) is 0 Å². The van der Waals surface area contributed by atoms with Crippen LogP contribution in [0.5, 0.6) is 0 Å². The fourth-order valence-corrected chi connectivity index (χ4v) is 2.47. The molecule has 1 amide bonds. The van der Waals surface area contributed by atoms with E-state index in [4.69, 9.17) is 10.5 Å². The summed E-state index contributed by atoms with van der Waals surface area (Å²) in [6.07, 6.45) is 3.68. The molecule has 0 aromatic heterocycles. The zero-order chi connectivity index (χ0) is 12.0. The van der Waals surface area contributed by atoms with Gasteiger partial charge >= 0.3 is 0 Å². The Balaban J connectivity index is 2.18. The molecule has 0 aliphatic heterocycles. The number of nitrogens with one attached hydrogen (secondary N) is 1. The zero-order valence-corrected chi connectivity index (χ0v) is 10.4. The number of rotatable bonds is 5. The van der Waals surface area contributed by atoms with Crippen molar-refractivity contribution in [3.8, 4) is 0 Å². The van der Waals surface area contributed by atoms with Crippen LogP contribution in [0.1, 0.15) is 33.1 Å². The first-order valence-corrected chi connectivity index (χ1v) is 6.20. The normalized spacial score (nSPS) is 30.1. The van der Waals surface area contributed by atoms with Gasteiger partial charge in [0.2, 0.25) is 5.91 Å². The number of hydrogen-bond acceptors (Lipinski definition) is 3. The third kappa shape index (κ3) is 4.94. The van der Waals surface area contributed by atoms with Gasteiger partial charge in [-0.25, -0.2) is 0 Å². The van der Waals surface area contributed by atoms with Crippen molar-refractivity contribution in [2.24, 2.45) is 17.6 Å². The van der Waals surface area contributed by atoms with Crippen LogP contribution in [0.25, 0.3) is 0 Å². The van der Waals surface area contributed by atoms with E-state index in [9.17, 15) is 4.79 Å². The average Bonchev–Trinajstić information content (AvgIpc) is 2.22. The number of carbonyl (C=O) groups excluding carboxylic acids is 1. The molecule has 2 atom stereocenters. The quantitative estimate of drug-likeness (QED) is 0.735. The van der Waals surface area contributed by atoms with Crippen LogP contribution in [0.3, 0.4) is 0 Å². The van der Waals surface area contributed by atoms with Crippen molar-refractivity contribution in [2.45, 2.75) is 39.2 Å². The summed E-state index contributed by atoms with van der Waals surface area (Å²) in [4.78, 5) is 11.3. The minimum atomic E-state index is -0.0590. The Morgan fingerprint density at radius 3 is 2.50 bits per heavy atom. The SMILES string of the molecule is CC1CC(C)CC(OCC(=O)NCCN)C1. The molecule has 4 nitrogen and oxygen atoms in total. The Hall–Kier alpha value is -0.610. The molecule has 0 aromatic rings. The first-order chi connectivity index (χ1) is 7.61. The third-order valence-electron chi connectivity index (χ3n) is 3.05. The minimum absolute atomic E-state index is 0.0590. The summed E-state index contributed by atoms with van der Waals surface area (Å²) in [7, 11) is 0. The van der Waals surface area contributed by atoms with Gasteiger partial charge in [0, 0.05) is 13.1 Å². The van der Waals surface area contributed by atoms with Crippen LogP contribution in [0.4, 0.5) is 0 Å². The highest BCUT2D eigenvalue weighted by Crippen LogP contribution is 2.30. The van der Waals surface area contributed by atoms with E-state index in [1.54, 1.807) is 0 Å². The Morgan fingerprint density at radius 1 is 1.31 bits per heavy atom. The van der Waals surface area contributed by atoms with E-state index in [0.29, 0.717) is 24.9 Å². The molecule has 0 spiro atoms. The Labute approximate surface area is 97.9 Å². The van der Waals surface area contributed by atoms with Gasteiger partial charge in [-0.3, -0.25) is 4.79 Å².